The van der Waals surface area contributed by atoms with Crippen molar-refractivity contribution in [3.05, 3.63) is 35.4 Å². The summed E-state index contributed by atoms with van der Waals surface area (Å²) in [6.45, 7) is 1.10. The van der Waals surface area contributed by atoms with E-state index in [4.69, 9.17) is 9.47 Å². The molecule has 100 valence electrons. The van der Waals surface area contributed by atoms with E-state index in [2.05, 4.69) is 12.6 Å². The Morgan fingerprint density at radius 1 is 1.22 bits per heavy atom. The van der Waals surface area contributed by atoms with E-state index in [-0.39, 0.29) is 0 Å². The van der Waals surface area contributed by atoms with Crippen molar-refractivity contribution in [2.45, 2.75) is 24.9 Å². The van der Waals surface area contributed by atoms with Crippen molar-refractivity contribution in [3.63, 3.8) is 0 Å². The molecule has 1 aliphatic rings. The monoisotopic (exact) mass is 270 g/mol. The van der Waals surface area contributed by atoms with Gasteiger partial charge in [-0.15, -0.1) is 0 Å². The average molecular weight is 270 g/mol. The van der Waals surface area contributed by atoms with Crippen LogP contribution in [0.2, 0.25) is 0 Å². The smallest absolute Gasteiger partial charge is 0.184 e. The largest absolute Gasteiger partial charge is 0.390 e. The van der Waals surface area contributed by atoms with E-state index in [0.29, 0.717) is 31.0 Å². The molecule has 1 heterocycles. The zero-order chi connectivity index (χ0) is 13.0. The van der Waals surface area contributed by atoms with Crippen molar-refractivity contribution in [2.24, 2.45) is 0 Å². The van der Waals surface area contributed by atoms with Crippen LogP contribution in [0.4, 0.5) is 0 Å². The number of hydrogen-bond donors (Lipinski definition) is 3. The highest BCUT2D eigenvalue weighted by atomic mass is 32.1. The predicted molar refractivity (Wildman–Crippen MR) is 70.5 cm³/mol. The van der Waals surface area contributed by atoms with Crippen LogP contribution in [-0.4, -0.2) is 35.3 Å². The first kappa shape index (κ1) is 13.8. The van der Waals surface area contributed by atoms with Gasteiger partial charge in [0, 0.05) is 5.56 Å². The molecule has 2 rings (SSSR count). The van der Waals surface area contributed by atoms with Gasteiger partial charge in [-0.05, 0) is 17.7 Å². The number of thiol groups is 1. The summed E-state index contributed by atoms with van der Waals surface area (Å²) >= 11 is 4.06. The lowest BCUT2D eigenvalue weighted by atomic mass is 9.97. The highest BCUT2D eigenvalue weighted by Gasteiger charge is 2.26. The van der Waals surface area contributed by atoms with Crippen LogP contribution in [0.25, 0.3) is 0 Å². The molecule has 0 aliphatic carbocycles. The van der Waals surface area contributed by atoms with E-state index >= 15 is 0 Å². The molecule has 18 heavy (non-hydrogen) atoms. The van der Waals surface area contributed by atoms with E-state index < -0.39 is 18.5 Å². The fraction of sp³-hybridized carbons (Fsp3) is 0.538. The number of aliphatic hydroxyl groups excluding tert-OH is 2. The van der Waals surface area contributed by atoms with E-state index in [1.54, 1.807) is 6.07 Å². The molecule has 5 heteroatoms. The lowest BCUT2D eigenvalue weighted by molar-refractivity contribution is -0.0486. The summed E-state index contributed by atoms with van der Waals surface area (Å²) in [7, 11) is 0. The van der Waals surface area contributed by atoms with E-state index in [9.17, 15) is 10.2 Å². The quantitative estimate of drug-likeness (QED) is 0.709. The fourth-order valence-corrected chi connectivity index (χ4v) is 2.29. The first-order valence-electron chi connectivity index (χ1n) is 6.03. The van der Waals surface area contributed by atoms with Gasteiger partial charge in [-0.1, -0.05) is 24.3 Å². The molecule has 4 nitrogen and oxygen atoms in total. The summed E-state index contributed by atoms with van der Waals surface area (Å²) in [4.78, 5) is 0. The zero-order valence-electron chi connectivity index (χ0n) is 10.0. The van der Waals surface area contributed by atoms with Crippen LogP contribution in [0.15, 0.2) is 24.3 Å². The van der Waals surface area contributed by atoms with Crippen LogP contribution in [0, 0.1) is 0 Å². The van der Waals surface area contributed by atoms with Gasteiger partial charge in [0.25, 0.3) is 0 Å². The van der Waals surface area contributed by atoms with Crippen LogP contribution < -0.4 is 0 Å². The molecule has 1 aromatic rings. The summed E-state index contributed by atoms with van der Waals surface area (Å²) < 4.78 is 10.9. The Hall–Kier alpha value is -0.590. The normalized spacial score (nSPS) is 19.9. The lowest BCUT2D eigenvalue weighted by Gasteiger charge is -2.22. The van der Waals surface area contributed by atoms with Gasteiger partial charge < -0.3 is 19.7 Å². The second-order valence-corrected chi connectivity index (χ2v) is 4.67. The molecule has 0 amide bonds. The van der Waals surface area contributed by atoms with Gasteiger partial charge in [0.15, 0.2) is 6.29 Å². The minimum absolute atomic E-state index is 0.436. The second kappa shape index (κ2) is 6.54. The van der Waals surface area contributed by atoms with Crippen molar-refractivity contribution in [1.82, 2.24) is 0 Å². The Kier molecular flexibility index (Phi) is 5.03. The fourth-order valence-electron chi connectivity index (χ4n) is 2.03. The number of benzene rings is 1. The third-order valence-electron chi connectivity index (χ3n) is 2.98. The second-order valence-electron chi connectivity index (χ2n) is 4.23. The van der Waals surface area contributed by atoms with Gasteiger partial charge in [0.1, 0.15) is 6.10 Å². The molecule has 1 saturated heterocycles. The maximum Gasteiger partial charge on any atom is 0.184 e. The standard InChI is InChI=1S/C13H18O4S/c14-11(5-8-18)12(15)9-3-1-2-4-10(9)13-16-6-7-17-13/h1-4,11-15,18H,5-8H2. The molecule has 2 unspecified atom stereocenters. The first-order chi connectivity index (χ1) is 8.74. The molecule has 0 bridgehead atoms. The third kappa shape index (κ3) is 3.05. The SMILES string of the molecule is OC(CCS)C(O)c1ccccc1C1OCCO1. The Labute approximate surface area is 112 Å². The van der Waals surface area contributed by atoms with Gasteiger partial charge in [-0.2, -0.15) is 12.6 Å². The van der Waals surface area contributed by atoms with Crippen molar-refractivity contribution in [3.8, 4) is 0 Å². The van der Waals surface area contributed by atoms with Crippen molar-refractivity contribution >= 4 is 12.6 Å². The molecule has 2 atom stereocenters. The topological polar surface area (TPSA) is 58.9 Å². The summed E-state index contributed by atoms with van der Waals surface area (Å²) in [5, 5.41) is 20.0. The molecule has 0 aromatic heterocycles. The molecule has 0 saturated carbocycles. The van der Waals surface area contributed by atoms with Gasteiger partial charge in [0.2, 0.25) is 0 Å². The minimum atomic E-state index is -0.943. The molecule has 0 radical (unpaired) electrons. The number of rotatable bonds is 5. The molecular weight excluding hydrogens is 252 g/mol. The van der Waals surface area contributed by atoms with E-state index in [1.165, 1.54) is 0 Å². The summed E-state index contributed by atoms with van der Waals surface area (Å²) in [5.41, 5.74) is 1.43. The maximum atomic E-state index is 10.2. The summed E-state index contributed by atoms with van der Waals surface area (Å²) in [6.07, 6.45) is -1.78. The Bertz CT molecular complexity index is 379. The van der Waals surface area contributed by atoms with Gasteiger partial charge in [0.05, 0.1) is 19.3 Å². The van der Waals surface area contributed by atoms with Crippen LogP contribution in [-0.2, 0) is 9.47 Å². The summed E-state index contributed by atoms with van der Waals surface area (Å²) in [5.74, 6) is 0.525. The Morgan fingerprint density at radius 3 is 2.56 bits per heavy atom. The van der Waals surface area contributed by atoms with Gasteiger partial charge in [-0.25, -0.2) is 0 Å². The number of hydrogen-bond acceptors (Lipinski definition) is 5. The van der Waals surface area contributed by atoms with Gasteiger partial charge >= 0.3 is 0 Å². The summed E-state index contributed by atoms with van der Waals surface area (Å²) in [6, 6.07) is 7.32. The minimum Gasteiger partial charge on any atom is -0.390 e. The third-order valence-corrected chi connectivity index (χ3v) is 3.24. The molecule has 0 spiro atoms. The Morgan fingerprint density at radius 2 is 1.89 bits per heavy atom. The first-order valence-corrected chi connectivity index (χ1v) is 6.66. The molecular formula is C13H18O4S. The Balaban J connectivity index is 2.20. The van der Waals surface area contributed by atoms with Crippen molar-refractivity contribution in [1.29, 1.82) is 0 Å². The van der Waals surface area contributed by atoms with Crippen molar-refractivity contribution in [2.75, 3.05) is 19.0 Å². The average Bonchev–Trinajstić information content (AvgIpc) is 2.92. The van der Waals surface area contributed by atoms with Gasteiger partial charge in [-0.3, -0.25) is 0 Å². The van der Waals surface area contributed by atoms with E-state index in [1.807, 2.05) is 18.2 Å². The zero-order valence-corrected chi connectivity index (χ0v) is 10.9. The lowest BCUT2D eigenvalue weighted by Crippen LogP contribution is -2.20. The van der Waals surface area contributed by atoms with Crippen LogP contribution in [0.1, 0.15) is 29.9 Å². The molecule has 1 aromatic carbocycles. The number of ether oxygens (including phenoxy) is 2. The molecule has 1 aliphatic heterocycles. The van der Waals surface area contributed by atoms with Crippen molar-refractivity contribution < 1.29 is 19.7 Å². The molecule has 1 fully saturated rings. The van der Waals surface area contributed by atoms with E-state index in [0.717, 1.165) is 5.56 Å². The van der Waals surface area contributed by atoms with Crippen LogP contribution in [0.5, 0.6) is 0 Å². The van der Waals surface area contributed by atoms with Crippen LogP contribution in [0.3, 0.4) is 0 Å². The highest BCUT2D eigenvalue weighted by molar-refractivity contribution is 7.80. The maximum absolute atomic E-state index is 10.2. The number of aliphatic hydroxyl groups is 2. The van der Waals surface area contributed by atoms with Crippen LogP contribution >= 0.6 is 12.6 Å². The predicted octanol–water partition coefficient (Wildman–Crippen LogP) is 1.45. The highest BCUT2D eigenvalue weighted by Crippen LogP contribution is 2.31. The molecule has 2 N–H and O–H groups in total.